The molecule has 0 bridgehead atoms. The van der Waals surface area contributed by atoms with Gasteiger partial charge in [0.1, 0.15) is 0 Å². The largest absolute Gasteiger partial charge is 0.392 e. The Bertz CT molecular complexity index is 184. The summed E-state index contributed by atoms with van der Waals surface area (Å²) in [6.45, 7) is 1.49. The summed E-state index contributed by atoms with van der Waals surface area (Å²) in [5.74, 6) is 2.29. The first-order chi connectivity index (χ1) is 5.14. The average molecular weight is 156 g/mol. The van der Waals surface area contributed by atoms with Crippen LogP contribution in [0.2, 0.25) is 0 Å². The van der Waals surface area contributed by atoms with E-state index in [2.05, 4.69) is 5.92 Å². The first-order valence-corrected chi connectivity index (χ1v) is 3.59. The maximum Gasteiger partial charge on any atom is 0.177 e. The maximum absolute atomic E-state index is 9.38. The molecule has 11 heavy (non-hydrogen) atoms. The molecule has 0 aromatic heterocycles. The van der Waals surface area contributed by atoms with Crippen molar-refractivity contribution in [2.45, 2.75) is 31.2 Å². The smallest absolute Gasteiger partial charge is 0.177 e. The van der Waals surface area contributed by atoms with Crippen molar-refractivity contribution in [2.75, 3.05) is 6.61 Å². The van der Waals surface area contributed by atoms with Crippen LogP contribution in [0.3, 0.4) is 0 Å². The molecule has 0 saturated carbocycles. The molecule has 0 radical (unpaired) electrons. The molecule has 1 aliphatic rings. The zero-order valence-electron chi connectivity index (χ0n) is 6.45. The lowest BCUT2D eigenvalue weighted by Gasteiger charge is -2.23. The van der Waals surface area contributed by atoms with Crippen LogP contribution in [0.25, 0.3) is 0 Å². The Kier molecular flexibility index (Phi) is 2.19. The van der Waals surface area contributed by atoms with Crippen LogP contribution in [0.15, 0.2) is 0 Å². The van der Waals surface area contributed by atoms with Crippen molar-refractivity contribution in [3.8, 4) is 12.3 Å². The summed E-state index contributed by atoms with van der Waals surface area (Å²) in [6, 6.07) is 0. The van der Waals surface area contributed by atoms with Gasteiger partial charge in [0.25, 0.3) is 0 Å². The highest BCUT2D eigenvalue weighted by atomic mass is 16.5. The summed E-state index contributed by atoms with van der Waals surface area (Å²) in [5.41, 5.74) is -1.15. The van der Waals surface area contributed by atoms with Crippen LogP contribution >= 0.6 is 0 Å². The molecule has 0 amide bonds. The van der Waals surface area contributed by atoms with E-state index in [0.717, 1.165) is 0 Å². The first-order valence-electron chi connectivity index (χ1n) is 3.59. The van der Waals surface area contributed by atoms with Crippen molar-refractivity contribution < 1.29 is 14.9 Å². The van der Waals surface area contributed by atoms with Crippen molar-refractivity contribution >= 4 is 0 Å². The van der Waals surface area contributed by atoms with E-state index in [4.69, 9.17) is 16.3 Å². The van der Waals surface area contributed by atoms with Crippen LogP contribution in [0.5, 0.6) is 0 Å². The summed E-state index contributed by atoms with van der Waals surface area (Å²) in [6.07, 6.45) is 4.81. The van der Waals surface area contributed by atoms with Crippen molar-refractivity contribution in [3.05, 3.63) is 0 Å². The van der Waals surface area contributed by atoms with E-state index in [1.54, 1.807) is 0 Å². The molecule has 1 fully saturated rings. The summed E-state index contributed by atoms with van der Waals surface area (Å²) in [4.78, 5) is 0. The Morgan fingerprint density at radius 2 is 2.45 bits per heavy atom. The van der Waals surface area contributed by atoms with Crippen LogP contribution in [-0.4, -0.2) is 34.6 Å². The molecule has 1 aliphatic heterocycles. The van der Waals surface area contributed by atoms with Crippen LogP contribution < -0.4 is 0 Å². The van der Waals surface area contributed by atoms with E-state index in [0.29, 0.717) is 6.42 Å². The minimum Gasteiger partial charge on any atom is -0.392 e. The normalized spacial score (nSPS) is 43.8. The highest BCUT2D eigenvalue weighted by Gasteiger charge is 2.44. The predicted molar refractivity (Wildman–Crippen MR) is 39.8 cm³/mol. The number of ether oxygens (including phenoxy) is 1. The van der Waals surface area contributed by atoms with Gasteiger partial charge in [0.05, 0.1) is 18.8 Å². The van der Waals surface area contributed by atoms with Gasteiger partial charge in [0.2, 0.25) is 0 Å². The number of hydrogen-bond acceptors (Lipinski definition) is 3. The van der Waals surface area contributed by atoms with Gasteiger partial charge in [-0.1, -0.05) is 5.92 Å². The number of aliphatic hydroxyl groups is 2. The summed E-state index contributed by atoms with van der Waals surface area (Å²) >= 11 is 0. The molecule has 62 valence electrons. The summed E-state index contributed by atoms with van der Waals surface area (Å²) in [7, 11) is 0. The van der Waals surface area contributed by atoms with Crippen LogP contribution in [0, 0.1) is 12.3 Å². The standard InChI is InChI=1S/C8H12O3/c1-3-8(5-9)7(10)4-6(2)11-8/h1,6-7,9-10H,4-5H2,2H3/t6-,7-,8+/m0/s1. The van der Waals surface area contributed by atoms with Crippen molar-refractivity contribution in [2.24, 2.45) is 0 Å². The molecule has 1 rings (SSSR count). The highest BCUT2D eigenvalue weighted by molar-refractivity contribution is 5.15. The number of hydrogen-bond donors (Lipinski definition) is 2. The van der Waals surface area contributed by atoms with Gasteiger partial charge in [-0.15, -0.1) is 6.42 Å². The second-order valence-electron chi connectivity index (χ2n) is 2.87. The molecule has 0 spiro atoms. The number of terminal acetylenes is 1. The van der Waals surface area contributed by atoms with Gasteiger partial charge < -0.3 is 14.9 Å². The average Bonchev–Trinajstić information content (AvgIpc) is 2.27. The topological polar surface area (TPSA) is 49.7 Å². The molecular formula is C8H12O3. The maximum atomic E-state index is 9.38. The van der Waals surface area contributed by atoms with Gasteiger partial charge in [0.15, 0.2) is 5.60 Å². The Morgan fingerprint density at radius 1 is 1.82 bits per heavy atom. The second-order valence-corrected chi connectivity index (χ2v) is 2.87. The van der Waals surface area contributed by atoms with Gasteiger partial charge in [-0.25, -0.2) is 0 Å². The molecule has 3 heteroatoms. The van der Waals surface area contributed by atoms with Crippen molar-refractivity contribution in [1.82, 2.24) is 0 Å². The van der Waals surface area contributed by atoms with E-state index in [-0.39, 0.29) is 12.7 Å². The summed E-state index contributed by atoms with van der Waals surface area (Å²) in [5, 5.41) is 18.3. The zero-order chi connectivity index (χ0) is 8.48. The van der Waals surface area contributed by atoms with Gasteiger partial charge in [-0.3, -0.25) is 0 Å². The Hall–Kier alpha value is -0.560. The quantitative estimate of drug-likeness (QED) is 0.504. The molecule has 1 saturated heterocycles. The highest BCUT2D eigenvalue weighted by Crippen LogP contribution is 2.29. The van der Waals surface area contributed by atoms with Crippen LogP contribution in [-0.2, 0) is 4.74 Å². The minimum absolute atomic E-state index is 0.0757. The fourth-order valence-corrected chi connectivity index (χ4v) is 1.31. The van der Waals surface area contributed by atoms with Gasteiger partial charge in [-0.2, -0.15) is 0 Å². The third-order valence-corrected chi connectivity index (χ3v) is 1.98. The van der Waals surface area contributed by atoms with E-state index in [9.17, 15) is 5.11 Å². The van der Waals surface area contributed by atoms with E-state index < -0.39 is 11.7 Å². The molecule has 0 aliphatic carbocycles. The van der Waals surface area contributed by atoms with Gasteiger partial charge in [-0.05, 0) is 6.92 Å². The monoisotopic (exact) mass is 156 g/mol. The van der Waals surface area contributed by atoms with E-state index in [1.165, 1.54) is 0 Å². The molecule has 0 aromatic rings. The lowest BCUT2D eigenvalue weighted by atomic mass is 9.99. The predicted octanol–water partition coefficient (Wildman–Crippen LogP) is -0.480. The van der Waals surface area contributed by atoms with E-state index >= 15 is 0 Å². The number of rotatable bonds is 1. The van der Waals surface area contributed by atoms with Crippen LogP contribution in [0.4, 0.5) is 0 Å². The fraction of sp³-hybridized carbons (Fsp3) is 0.750. The Balaban J connectivity index is 2.78. The molecule has 3 atom stereocenters. The zero-order valence-corrected chi connectivity index (χ0v) is 6.45. The Labute approximate surface area is 66.0 Å². The Morgan fingerprint density at radius 3 is 2.64 bits per heavy atom. The number of aliphatic hydroxyl groups excluding tert-OH is 2. The van der Waals surface area contributed by atoms with Crippen molar-refractivity contribution in [3.63, 3.8) is 0 Å². The minimum atomic E-state index is -1.15. The van der Waals surface area contributed by atoms with Crippen LogP contribution in [0.1, 0.15) is 13.3 Å². The SMILES string of the molecule is C#C[C@]1(CO)O[C@@H](C)C[C@@H]1O. The lowest BCUT2D eigenvalue weighted by molar-refractivity contribution is -0.0670. The molecule has 2 N–H and O–H groups in total. The molecular weight excluding hydrogens is 144 g/mol. The first kappa shape index (κ1) is 8.54. The second kappa shape index (κ2) is 2.82. The van der Waals surface area contributed by atoms with Crippen molar-refractivity contribution in [1.29, 1.82) is 0 Å². The molecule has 3 nitrogen and oxygen atoms in total. The third-order valence-electron chi connectivity index (χ3n) is 1.98. The lowest BCUT2D eigenvalue weighted by Crippen LogP contribution is -2.41. The van der Waals surface area contributed by atoms with Gasteiger partial charge in [0, 0.05) is 6.42 Å². The summed E-state index contributed by atoms with van der Waals surface area (Å²) < 4.78 is 5.22. The molecule has 1 heterocycles. The van der Waals surface area contributed by atoms with Gasteiger partial charge >= 0.3 is 0 Å². The molecule has 0 unspecified atom stereocenters. The fourth-order valence-electron chi connectivity index (χ4n) is 1.31. The molecule has 0 aromatic carbocycles. The van der Waals surface area contributed by atoms with E-state index in [1.807, 2.05) is 6.92 Å². The third kappa shape index (κ3) is 1.25.